The van der Waals surface area contributed by atoms with Crippen LogP contribution in [-0.2, 0) is 25.9 Å². The quantitative estimate of drug-likeness (QED) is 0.204. The number of H-pyrrole nitrogens is 1. The number of methoxy groups -OCH3 is 2. The van der Waals surface area contributed by atoms with Crippen molar-refractivity contribution >= 4 is 23.7 Å². The van der Waals surface area contributed by atoms with Gasteiger partial charge in [0.15, 0.2) is 11.5 Å². The van der Waals surface area contributed by atoms with Crippen LogP contribution in [0, 0.1) is 0 Å². The smallest absolute Gasteiger partial charge is 0.275 e. The minimum absolute atomic E-state index is 0.144. The number of nitrogens with zero attached hydrogens (tertiary/aromatic N) is 2. The molecule has 50 heavy (non-hydrogen) atoms. The number of nitrogens with one attached hydrogen (secondary N) is 2. The Labute approximate surface area is 290 Å². The molecule has 0 atom stereocenters. The number of hydrogen-bond acceptors (Lipinski definition) is 6. The second kappa shape index (κ2) is 15.5. The highest BCUT2D eigenvalue weighted by Crippen LogP contribution is 2.33. The van der Waals surface area contributed by atoms with Gasteiger partial charge in [-0.25, -0.2) is 0 Å². The molecular weight excluding hydrogens is 628 g/mol. The first-order chi connectivity index (χ1) is 24.3. The average Bonchev–Trinajstić information content (AvgIpc) is 3.14. The fraction of sp³-hybridized carbons (Fsp3) is 0.195. The number of hydrogen-bond donors (Lipinski definition) is 2. The molecular formula is C41H40N4O5. The largest absolute Gasteiger partial charge is 0.493 e. The topological polar surface area (TPSA) is 106 Å². The minimum atomic E-state index is -0.386. The summed E-state index contributed by atoms with van der Waals surface area (Å²) >= 11 is 0. The first-order valence-corrected chi connectivity index (χ1v) is 16.5. The van der Waals surface area contributed by atoms with E-state index in [9.17, 15) is 14.4 Å². The summed E-state index contributed by atoms with van der Waals surface area (Å²) in [5.74, 6) is 1.28. The third-order valence-corrected chi connectivity index (χ3v) is 8.87. The molecule has 0 spiro atoms. The maximum Gasteiger partial charge on any atom is 0.275 e. The van der Waals surface area contributed by atoms with Crippen molar-refractivity contribution in [2.75, 3.05) is 32.6 Å². The molecule has 9 heteroatoms. The fourth-order valence-corrected chi connectivity index (χ4v) is 6.15. The number of aromatic amines is 1. The van der Waals surface area contributed by atoms with Crippen molar-refractivity contribution < 1.29 is 14.3 Å². The normalized spacial score (nSPS) is 13.5. The van der Waals surface area contributed by atoms with E-state index in [1.807, 2.05) is 54.6 Å². The Morgan fingerprint density at radius 3 is 2.24 bits per heavy atom. The van der Waals surface area contributed by atoms with E-state index < -0.39 is 0 Å². The molecule has 1 amide bonds. The first kappa shape index (κ1) is 34.0. The van der Waals surface area contributed by atoms with Gasteiger partial charge in [-0.3, -0.25) is 23.9 Å². The molecule has 0 saturated carbocycles. The second-order valence-corrected chi connectivity index (χ2v) is 12.2. The maximum atomic E-state index is 13.4. The number of benzene rings is 4. The number of allylic oxidation sites excluding steroid dienone is 1. The van der Waals surface area contributed by atoms with Crippen molar-refractivity contribution in [1.82, 2.24) is 14.5 Å². The van der Waals surface area contributed by atoms with E-state index in [4.69, 9.17) is 9.47 Å². The van der Waals surface area contributed by atoms with E-state index in [0.29, 0.717) is 16.8 Å². The van der Waals surface area contributed by atoms with Gasteiger partial charge in [-0.15, -0.1) is 6.58 Å². The summed E-state index contributed by atoms with van der Waals surface area (Å²) in [6, 6.07) is 28.3. The maximum absolute atomic E-state index is 13.4. The van der Waals surface area contributed by atoms with Gasteiger partial charge in [0, 0.05) is 37.4 Å². The molecule has 5 aromatic rings. The van der Waals surface area contributed by atoms with Crippen LogP contribution in [0.1, 0.15) is 38.2 Å². The van der Waals surface area contributed by atoms with Crippen molar-refractivity contribution in [3.63, 3.8) is 0 Å². The molecule has 9 nitrogen and oxygen atoms in total. The Balaban J connectivity index is 1.08. The Kier molecular flexibility index (Phi) is 10.5. The van der Waals surface area contributed by atoms with Crippen LogP contribution in [0.2, 0.25) is 0 Å². The third-order valence-electron chi connectivity index (χ3n) is 8.87. The van der Waals surface area contributed by atoms with Crippen LogP contribution in [0.4, 0.5) is 5.69 Å². The van der Waals surface area contributed by atoms with E-state index in [-0.39, 0.29) is 34.3 Å². The lowest BCUT2D eigenvalue weighted by molar-refractivity contribution is 0.102. The second-order valence-electron chi connectivity index (χ2n) is 12.2. The lowest BCUT2D eigenvalue weighted by Crippen LogP contribution is -2.53. The van der Waals surface area contributed by atoms with E-state index in [1.54, 1.807) is 56.7 Å². The van der Waals surface area contributed by atoms with E-state index in [2.05, 4.69) is 33.9 Å². The molecule has 0 radical (unpaired) electrons. The van der Waals surface area contributed by atoms with Gasteiger partial charge >= 0.3 is 0 Å². The highest BCUT2D eigenvalue weighted by atomic mass is 16.5. The van der Waals surface area contributed by atoms with Gasteiger partial charge in [-0.05, 0) is 89.2 Å². The molecule has 4 aromatic carbocycles. The van der Waals surface area contributed by atoms with Crippen LogP contribution in [-0.4, -0.2) is 47.7 Å². The standard InChI is InChI=1S/C41H40N4O5/c1-4-20-45-36(24-29-8-6-5-7-9-29)40(47)43-35(41(45)48)23-30-10-14-31(15-11-30)39(46)42-34-16-12-28(13-17-34)18-21-44-22-19-32-25-37(49-2)38(50-3)26-33(32)27-44/h4-17,23-26H,1,18-22,27H2,2-3H3,(H,42,46)(H,43,47). The van der Waals surface area contributed by atoms with E-state index in [1.165, 1.54) is 21.3 Å². The summed E-state index contributed by atoms with van der Waals surface area (Å²) in [5, 5.41) is 3.35. The molecule has 0 unspecified atom stereocenters. The zero-order valence-corrected chi connectivity index (χ0v) is 28.3. The molecule has 1 aliphatic rings. The molecule has 0 fully saturated rings. The molecule has 1 aromatic heterocycles. The summed E-state index contributed by atoms with van der Waals surface area (Å²) in [7, 11) is 3.33. The molecule has 0 saturated heterocycles. The first-order valence-electron chi connectivity index (χ1n) is 16.5. The zero-order valence-electron chi connectivity index (χ0n) is 28.3. The van der Waals surface area contributed by atoms with E-state index in [0.717, 1.165) is 49.5 Å². The summed E-state index contributed by atoms with van der Waals surface area (Å²) in [4.78, 5) is 44.6. The number of rotatable bonds is 11. The summed E-state index contributed by atoms with van der Waals surface area (Å²) < 4.78 is 12.4. The van der Waals surface area contributed by atoms with Crippen LogP contribution in [0.5, 0.6) is 11.5 Å². The Morgan fingerprint density at radius 1 is 0.880 bits per heavy atom. The Bertz CT molecular complexity index is 2240. The van der Waals surface area contributed by atoms with Crippen LogP contribution in [0.3, 0.4) is 0 Å². The van der Waals surface area contributed by atoms with Crippen LogP contribution < -0.4 is 36.6 Å². The molecule has 1 aliphatic heterocycles. The highest BCUT2D eigenvalue weighted by Gasteiger charge is 2.19. The number of anilines is 1. The monoisotopic (exact) mass is 668 g/mol. The van der Waals surface area contributed by atoms with Crippen molar-refractivity contribution in [2.45, 2.75) is 25.9 Å². The number of aromatic nitrogens is 2. The fourth-order valence-electron chi connectivity index (χ4n) is 6.15. The molecule has 0 aliphatic carbocycles. The molecule has 2 N–H and O–H groups in total. The van der Waals surface area contributed by atoms with Crippen molar-refractivity contribution in [2.24, 2.45) is 0 Å². The van der Waals surface area contributed by atoms with Gasteiger partial charge in [-0.2, -0.15) is 0 Å². The SMILES string of the molecule is C=CCn1c(=O)c(=Cc2ccc(C(=O)Nc3ccc(CCN4CCc5cc(OC)c(OC)cc5C4)cc3)cc2)[nH]c(=O)c1=Cc1ccccc1. The van der Waals surface area contributed by atoms with Gasteiger partial charge in [-0.1, -0.05) is 60.7 Å². The lowest BCUT2D eigenvalue weighted by atomic mass is 9.98. The Morgan fingerprint density at radius 2 is 1.56 bits per heavy atom. The molecule has 254 valence electrons. The van der Waals surface area contributed by atoms with Gasteiger partial charge in [0.25, 0.3) is 17.0 Å². The number of fused-ring (bicyclic) bond motifs is 1. The summed E-state index contributed by atoms with van der Waals surface area (Å²) in [6.45, 7) is 6.71. The summed E-state index contributed by atoms with van der Waals surface area (Å²) in [6.07, 6.45) is 6.73. The van der Waals surface area contributed by atoms with Crippen molar-refractivity contribution in [3.8, 4) is 11.5 Å². The molecule has 0 bridgehead atoms. The van der Waals surface area contributed by atoms with Crippen LogP contribution >= 0.6 is 0 Å². The van der Waals surface area contributed by atoms with Crippen LogP contribution in [0.25, 0.3) is 12.2 Å². The van der Waals surface area contributed by atoms with Gasteiger partial charge in [0.05, 0.1) is 14.2 Å². The van der Waals surface area contributed by atoms with Gasteiger partial charge in [0.1, 0.15) is 10.7 Å². The number of carbonyl (C=O) groups is 1. The number of ether oxygens (including phenoxy) is 2. The van der Waals surface area contributed by atoms with E-state index >= 15 is 0 Å². The number of carbonyl (C=O) groups excluding carboxylic acids is 1. The van der Waals surface area contributed by atoms with Crippen LogP contribution in [0.15, 0.2) is 113 Å². The van der Waals surface area contributed by atoms with Crippen molar-refractivity contribution in [1.29, 1.82) is 0 Å². The Hall–Kier alpha value is -5.93. The minimum Gasteiger partial charge on any atom is -0.493 e. The highest BCUT2D eigenvalue weighted by molar-refractivity contribution is 6.04. The number of amides is 1. The lowest BCUT2D eigenvalue weighted by Gasteiger charge is -2.29. The van der Waals surface area contributed by atoms with Gasteiger partial charge in [0.2, 0.25) is 0 Å². The predicted molar refractivity (Wildman–Crippen MR) is 197 cm³/mol. The third kappa shape index (κ3) is 7.85. The average molecular weight is 669 g/mol. The molecule has 6 rings (SSSR count). The predicted octanol–water partition coefficient (Wildman–Crippen LogP) is 4.25. The zero-order chi connectivity index (χ0) is 35.0. The summed E-state index contributed by atoms with van der Waals surface area (Å²) in [5.41, 5.74) is 5.68. The van der Waals surface area contributed by atoms with Gasteiger partial charge < -0.3 is 19.8 Å². The molecule has 2 heterocycles. The van der Waals surface area contributed by atoms with Crippen molar-refractivity contribution in [3.05, 3.63) is 168 Å².